The van der Waals surface area contributed by atoms with E-state index in [4.69, 9.17) is 4.74 Å². The number of morpholine rings is 1. The molecule has 2 N–H and O–H groups in total. The molecule has 126 valence electrons. The first-order valence-corrected chi connectivity index (χ1v) is 7.63. The molecule has 0 aliphatic carbocycles. The molecule has 0 radical (unpaired) electrons. The lowest BCUT2D eigenvalue weighted by atomic mass is 10.1. The summed E-state index contributed by atoms with van der Waals surface area (Å²) >= 11 is 0. The van der Waals surface area contributed by atoms with E-state index in [1.165, 1.54) is 0 Å². The number of nitrogens with zero attached hydrogens (tertiary/aromatic N) is 2. The molecule has 1 aliphatic rings. The first-order chi connectivity index (χ1) is 9.30. The number of halogens is 1. The zero-order valence-electron chi connectivity index (χ0n) is 14.4. The summed E-state index contributed by atoms with van der Waals surface area (Å²) in [5, 5.41) is 6.72. The second-order valence-corrected chi connectivity index (χ2v) is 6.97. The van der Waals surface area contributed by atoms with E-state index < -0.39 is 0 Å². The lowest BCUT2D eigenvalue weighted by molar-refractivity contribution is -0.0284. The number of guanidine groups is 1. The van der Waals surface area contributed by atoms with Gasteiger partial charge in [-0.3, -0.25) is 9.89 Å². The first-order valence-electron chi connectivity index (χ1n) is 7.63. The van der Waals surface area contributed by atoms with Crippen molar-refractivity contribution in [3.05, 3.63) is 0 Å². The maximum atomic E-state index is 5.83. The number of hydrogen-bond donors (Lipinski definition) is 2. The Hall–Kier alpha value is -0.0800. The third kappa shape index (κ3) is 9.52. The molecule has 1 unspecified atom stereocenters. The minimum absolute atomic E-state index is 0. The van der Waals surface area contributed by atoms with E-state index in [1.807, 2.05) is 0 Å². The van der Waals surface area contributed by atoms with Gasteiger partial charge in [0.2, 0.25) is 0 Å². The standard InChI is InChI=1S/C15H32N4O.HI/c1-12(2)10-19-7-8-20-13(11-19)9-17-14(16-6)18-15(3,4)5;/h12-13H,7-11H2,1-6H3,(H2,16,17,18);1H. The maximum Gasteiger partial charge on any atom is 0.191 e. The summed E-state index contributed by atoms with van der Waals surface area (Å²) in [6.45, 7) is 15.7. The molecule has 0 spiro atoms. The summed E-state index contributed by atoms with van der Waals surface area (Å²) in [5.74, 6) is 1.54. The highest BCUT2D eigenvalue weighted by Crippen LogP contribution is 2.07. The molecule has 0 amide bonds. The summed E-state index contributed by atoms with van der Waals surface area (Å²) in [5.41, 5.74) is 0.0128. The molecule has 6 heteroatoms. The molecule has 0 aromatic rings. The van der Waals surface area contributed by atoms with Gasteiger partial charge in [-0.05, 0) is 26.7 Å². The SMILES string of the molecule is CN=C(NCC1CN(CC(C)C)CCO1)NC(C)(C)C.I. The van der Waals surface area contributed by atoms with Crippen molar-refractivity contribution in [1.29, 1.82) is 0 Å². The monoisotopic (exact) mass is 412 g/mol. The summed E-state index contributed by atoms with van der Waals surface area (Å²) < 4.78 is 5.83. The summed E-state index contributed by atoms with van der Waals surface area (Å²) in [7, 11) is 1.80. The Labute approximate surface area is 147 Å². The predicted molar refractivity (Wildman–Crippen MR) is 101 cm³/mol. The number of nitrogens with one attached hydrogen (secondary N) is 2. The van der Waals surface area contributed by atoms with Crippen molar-refractivity contribution in [3.63, 3.8) is 0 Å². The van der Waals surface area contributed by atoms with Crippen molar-refractivity contribution >= 4 is 29.9 Å². The van der Waals surface area contributed by atoms with Crippen LogP contribution in [0.1, 0.15) is 34.6 Å². The molecular weight excluding hydrogens is 379 g/mol. The summed E-state index contributed by atoms with van der Waals surface area (Å²) in [6.07, 6.45) is 0.237. The Morgan fingerprint density at radius 1 is 1.38 bits per heavy atom. The van der Waals surface area contributed by atoms with Crippen LogP contribution in [-0.2, 0) is 4.74 Å². The fraction of sp³-hybridized carbons (Fsp3) is 0.933. The van der Waals surface area contributed by atoms with Gasteiger partial charge in [-0.15, -0.1) is 24.0 Å². The van der Waals surface area contributed by atoms with Crippen molar-refractivity contribution in [2.24, 2.45) is 10.9 Å². The van der Waals surface area contributed by atoms with Crippen molar-refractivity contribution in [1.82, 2.24) is 15.5 Å². The third-order valence-corrected chi connectivity index (χ3v) is 3.06. The quantitative estimate of drug-likeness (QED) is 0.421. The minimum Gasteiger partial charge on any atom is -0.374 e. The van der Waals surface area contributed by atoms with Gasteiger partial charge in [0.15, 0.2) is 5.96 Å². The summed E-state index contributed by atoms with van der Waals surface area (Å²) in [4.78, 5) is 6.74. The van der Waals surface area contributed by atoms with Crippen LogP contribution in [0.2, 0.25) is 0 Å². The number of ether oxygens (including phenoxy) is 1. The van der Waals surface area contributed by atoms with E-state index in [0.717, 1.165) is 38.7 Å². The molecular formula is C15H33IN4O. The molecule has 1 fully saturated rings. The molecule has 0 aromatic carbocycles. The second kappa shape index (κ2) is 9.84. The molecule has 1 atom stereocenters. The highest BCUT2D eigenvalue weighted by atomic mass is 127. The zero-order chi connectivity index (χ0) is 15.2. The van der Waals surface area contributed by atoms with E-state index in [-0.39, 0.29) is 35.6 Å². The van der Waals surface area contributed by atoms with Gasteiger partial charge >= 0.3 is 0 Å². The van der Waals surface area contributed by atoms with Gasteiger partial charge in [0.05, 0.1) is 12.7 Å². The van der Waals surface area contributed by atoms with E-state index in [2.05, 4.69) is 55.1 Å². The molecule has 5 nitrogen and oxygen atoms in total. The number of rotatable bonds is 4. The Bertz CT molecular complexity index is 315. The Balaban J connectivity index is 0.00000400. The lowest BCUT2D eigenvalue weighted by Gasteiger charge is -2.34. The molecule has 1 saturated heterocycles. The van der Waals surface area contributed by atoms with E-state index in [0.29, 0.717) is 5.92 Å². The topological polar surface area (TPSA) is 48.9 Å². The van der Waals surface area contributed by atoms with Gasteiger partial charge in [0.25, 0.3) is 0 Å². The van der Waals surface area contributed by atoms with Crippen molar-refractivity contribution in [2.45, 2.75) is 46.3 Å². The van der Waals surface area contributed by atoms with Gasteiger partial charge in [0, 0.05) is 38.8 Å². The van der Waals surface area contributed by atoms with Crippen LogP contribution in [0.15, 0.2) is 4.99 Å². The predicted octanol–water partition coefficient (Wildman–Crippen LogP) is 1.92. The molecule has 1 rings (SSSR count). The van der Waals surface area contributed by atoms with Crippen LogP contribution in [0.4, 0.5) is 0 Å². The Kier molecular flexibility index (Phi) is 9.80. The van der Waals surface area contributed by atoms with Gasteiger partial charge in [-0.25, -0.2) is 0 Å². The smallest absolute Gasteiger partial charge is 0.191 e. The van der Waals surface area contributed by atoms with Crippen LogP contribution >= 0.6 is 24.0 Å². The van der Waals surface area contributed by atoms with E-state index in [1.54, 1.807) is 7.05 Å². The first kappa shape index (κ1) is 20.9. The van der Waals surface area contributed by atoms with Gasteiger partial charge in [-0.2, -0.15) is 0 Å². The molecule has 21 heavy (non-hydrogen) atoms. The average Bonchev–Trinajstić information content (AvgIpc) is 2.32. The average molecular weight is 412 g/mol. The fourth-order valence-corrected chi connectivity index (χ4v) is 2.33. The highest BCUT2D eigenvalue weighted by Gasteiger charge is 2.21. The van der Waals surface area contributed by atoms with Crippen molar-refractivity contribution in [3.8, 4) is 0 Å². The van der Waals surface area contributed by atoms with Crippen LogP contribution in [-0.4, -0.2) is 62.3 Å². The molecule has 0 bridgehead atoms. The Morgan fingerprint density at radius 2 is 2.05 bits per heavy atom. The van der Waals surface area contributed by atoms with Crippen molar-refractivity contribution in [2.75, 3.05) is 39.8 Å². The second-order valence-electron chi connectivity index (χ2n) is 6.97. The van der Waals surface area contributed by atoms with Crippen LogP contribution in [0.5, 0.6) is 0 Å². The lowest BCUT2D eigenvalue weighted by Crippen LogP contribution is -2.52. The highest BCUT2D eigenvalue weighted by molar-refractivity contribution is 14.0. The van der Waals surface area contributed by atoms with E-state index in [9.17, 15) is 0 Å². The summed E-state index contributed by atoms with van der Waals surface area (Å²) in [6, 6.07) is 0. The number of hydrogen-bond acceptors (Lipinski definition) is 3. The normalized spacial score (nSPS) is 21.1. The van der Waals surface area contributed by atoms with Crippen LogP contribution in [0.25, 0.3) is 0 Å². The molecule has 0 saturated carbocycles. The number of aliphatic imine (C=N–C) groups is 1. The van der Waals surface area contributed by atoms with Gasteiger partial charge in [-0.1, -0.05) is 13.8 Å². The Morgan fingerprint density at radius 3 is 2.57 bits per heavy atom. The maximum absolute atomic E-state index is 5.83. The fourth-order valence-electron chi connectivity index (χ4n) is 2.33. The zero-order valence-corrected chi connectivity index (χ0v) is 16.7. The molecule has 1 aliphatic heterocycles. The van der Waals surface area contributed by atoms with Crippen molar-refractivity contribution < 1.29 is 4.74 Å². The molecule has 0 aromatic heterocycles. The van der Waals surface area contributed by atoms with Gasteiger partial charge < -0.3 is 15.4 Å². The minimum atomic E-state index is 0. The third-order valence-electron chi connectivity index (χ3n) is 3.06. The van der Waals surface area contributed by atoms with Crippen LogP contribution < -0.4 is 10.6 Å². The largest absolute Gasteiger partial charge is 0.374 e. The molecule has 1 heterocycles. The van der Waals surface area contributed by atoms with E-state index >= 15 is 0 Å². The van der Waals surface area contributed by atoms with Crippen LogP contribution in [0.3, 0.4) is 0 Å². The van der Waals surface area contributed by atoms with Gasteiger partial charge in [0.1, 0.15) is 0 Å². The van der Waals surface area contributed by atoms with Crippen LogP contribution in [0, 0.1) is 5.92 Å².